The van der Waals surface area contributed by atoms with E-state index >= 15 is 0 Å². The van der Waals surface area contributed by atoms with Crippen LogP contribution in [0.25, 0.3) is 10.6 Å². The topological polar surface area (TPSA) is 56.5 Å². The summed E-state index contributed by atoms with van der Waals surface area (Å²) >= 11 is 3.27. The van der Waals surface area contributed by atoms with Gasteiger partial charge in [-0.3, -0.25) is 0 Å². The Kier molecular flexibility index (Phi) is 4.54. The Labute approximate surface area is 137 Å². The van der Waals surface area contributed by atoms with Crippen LogP contribution in [0.3, 0.4) is 0 Å². The lowest BCUT2D eigenvalue weighted by Gasteiger charge is -2.05. The Morgan fingerprint density at radius 1 is 1.23 bits per heavy atom. The Hall–Kier alpha value is -1.73. The Morgan fingerprint density at radius 2 is 2.00 bits per heavy atom. The summed E-state index contributed by atoms with van der Waals surface area (Å²) in [6.45, 7) is 4.41. The highest BCUT2D eigenvalue weighted by Gasteiger charge is 2.08. The molecule has 0 saturated heterocycles. The highest BCUT2D eigenvalue weighted by Crippen LogP contribution is 2.28. The molecule has 0 unspecified atom stereocenters. The molecule has 114 valence electrons. The molecular formula is C15H17N5S2. The van der Waals surface area contributed by atoms with E-state index in [0.29, 0.717) is 5.92 Å². The first-order chi connectivity index (χ1) is 10.6. The van der Waals surface area contributed by atoms with Crippen molar-refractivity contribution in [1.82, 2.24) is 25.2 Å². The number of aromatic nitrogens is 5. The number of rotatable bonds is 5. The fourth-order valence-electron chi connectivity index (χ4n) is 2.00. The summed E-state index contributed by atoms with van der Waals surface area (Å²) in [4.78, 5) is 4.70. The summed E-state index contributed by atoms with van der Waals surface area (Å²) in [6.07, 6.45) is 0. The monoisotopic (exact) mass is 331 g/mol. The molecule has 3 rings (SSSR count). The summed E-state index contributed by atoms with van der Waals surface area (Å²) in [5.41, 5.74) is 3.58. The van der Waals surface area contributed by atoms with Crippen molar-refractivity contribution in [3.05, 3.63) is 40.9 Å². The van der Waals surface area contributed by atoms with Crippen molar-refractivity contribution in [1.29, 1.82) is 0 Å². The second-order valence-corrected chi connectivity index (χ2v) is 7.10. The van der Waals surface area contributed by atoms with Crippen LogP contribution < -0.4 is 0 Å². The average Bonchev–Trinajstić information content (AvgIpc) is 3.14. The van der Waals surface area contributed by atoms with Gasteiger partial charge >= 0.3 is 0 Å². The minimum atomic E-state index is 0.553. The molecule has 0 aliphatic rings. The zero-order valence-electron chi connectivity index (χ0n) is 12.7. The van der Waals surface area contributed by atoms with Crippen LogP contribution in [0.1, 0.15) is 31.0 Å². The summed E-state index contributed by atoms with van der Waals surface area (Å²) in [7, 11) is 1.84. The molecule has 5 nitrogen and oxygen atoms in total. The first-order valence-corrected chi connectivity index (χ1v) is 8.90. The Bertz CT molecular complexity index is 745. The van der Waals surface area contributed by atoms with Gasteiger partial charge < -0.3 is 0 Å². The summed E-state index contributed by atoms with van der Waals surface area (Å²) in [5.74, 6) is 1.33. The number of nitrogens with zero attached hydrogens (tertiary/aromatic N) is 5. The molecule has 0 aliphatic carbocycles. The molecule has 7 heteroatoms. The van der Waals surface area contributed by atoms with Crippen molar-refractivity contribution >= 4 is 23.1 Å². The molecule has 2 heterocycles. The molecule has 0 N–H and O–H groups in total. The van der Waals surface area contributed by atoms with Crippen molar-refractivity contribution in [3.8, 4) is 10.6 Å². The van der Waals surface area contributed by atoms with Crippen LogP contribution in [-0.4, -0.2) is 25.2 Å². The molecule has 1 aromatic carbocycles. The van der Waals surface area contributed by atoms with Crippen molar-refractivity contribution in [2.75, 3.05) is 0 Å². The zero-order valence-corrected chi connectivity index (χ0v) is 14.4. The quantitative estimate of drug-likeness (QED) is 0.666. The zero-order chi connectivity index (χ0) is 15.5. The maximum absolute atomic E-state index is 4.70. The van der Waals surface area contributed by atoms with Crippen LogP contribution in [0.15, 0.2) is 34.8 Å². The van der Waals surface area contributed by atoms with Crippen molar-refractivity contribution in [3.63, 3.8) is 0 Å². The molecule has 2 aromatic heterocycles. The van der Waals surface area contributed by atoms with E-state index < -0.39 is 0 Å². The maximum Gasteiger partial charge on any atom is 0.209 e. The van der Waals surface area contributed by atoms with E-state index in [-0.39, 0.29) is 0 Å². The molecule has 0 atom stereocenters. The third-order valence-electron chi connectivity index (χ3n) is 3.31. The molecule has 3 aromatic rings. The maximum atomic E-state index is 4.70. The minimum absolute atomic E-state index is 0.553. The number of thioether (sulfide) groups is 1. The predicted molar refractivity (Wildman–Crippen MR) is 90.0 cm³/mol. The molecule has 0 aliphatic heterocycles. The van der Waals surface area contributed by atoms with Gasteiger partial charge in [-0.15, -0.1) is 16.4 Å². The van der Waals surface area contributed by atoms with Gasteiger partial charge in [0.1, 0.15) is 5.01 Å². The lowest BCUT2D eigenvalue weighted by molar-refractivity contribution is 0.664. The fraction of sp³-hybridized carbons (Fsp3) is 0.333. The normalized spacial score (nSPS) is 11.3. The van der Waals surface area contributed by atoms with E-state index in [1.807, 2.05) is 7.05 Å². The van der Waals surface area contributed by atoms with Gasteiger partial charge in [-0.05, 0) is 21.9 Å². The van der Waals surface area contributed by atoms with Gasteiger partial charge in [-0.1, -0.05) is 49.9 Å². The summed E-state index contributed by atoms with van der Waals surface area (Å²) in [6, 6.07) is 8.66. The van der Waals surface area contributed by atoms with E-state index in [0.717, 1.165) is 21.6 Å². The summed E-state index contributed by atoms with van der Waals surface area (Å²) < 4.78 is 1.67. The molecular weight excluding hydrogens is 314 g/mol. The lowest BCUT2D eigenvalue weighted by atomic mass is 10.0. The number of aryl methyl sites for hydroxylation is 1. The minimum Gasteiger partial charge on any atom is -0.240 e. The second-order valence-electron chi connectivity index (χ2n) is 5.29. The first kappa shape index (κ1) is 15.2. The predicted octanol–water partition coefficient (Wildman–Crippen LogP) is 3.75. The van der Waals surface area contributed by atoms with Crippen LogP contribution in [0, 0.1) is 0 Å². The van der Waals surface area contributed by atoms with E-state index in [9.17, 15) is 0 Å². The molecule has 22 heavy (non-hydrogen) atoms. The van der Waals surface area contributed by atoms with Crippen molar-refractivity contribution in [2.24, 2.45) is 7.05 Å². The van der Waals surface area contributed by atoms with E-state index in [2.05, 4.69) is 59.0 Å². The average molecular weight is 331 g/mol. The summed E-state index contributed by atoms with van der Waals surface area (Å²) in [5, 5.41) is 15.4. The standard InChI is InChI=1S/C15H17N5S2/c1-10(2)11-4-6-12(7-5-11)14-16-13(8-21-14)9-22-15-17-18-19-20(15)3/h4-8,10H,9H2,1-3H3. The first-order valence-electron chi connectivity index (χ1n) is 7.03. The number of tetrazole rings is 1. The Balaban J connectivity index is 1.69. The molecule has 0 fully saturated rings. The van der Waals surface area contributed by atoms with E-state index in [1.165, 1.54) is 11.1 Å². The Morgan fingerprint density at radius 3 is 2.64 bits per heavy atom. The van der Waals surface area contributed by atoms with Gasteiger partial charge in [0.15, 0.2) is 0 Å². The van der Waals surface area contributed by atoms with Gasteiger partial charge in [-0.2, -0.15) is 0 Å². The SMILES string of the molecule is CC(C)c1ccc(-c2nc(CSc3nnnn3C)cs2)cc1. The van der Waals surface area contributed by atoms with Crippen LogP contribution >= 0.6 is 23.1 Å². The highest BCUT2D eigenvalue weighted by molar-refractivity contribution is 7.98. The number of hydrogen-bond donors (Lipinski definition) is 0. The smallest absolute Gasteiger partial charge is 0.209 e. The van der Waals surface area contributed by atoms with Crippen molar-refractivity contribution in [2.45, 2.75) is 30.7 Å². The molecule has 0 radical (unpaired) electrons. The molecule has 0 bridgehead atoms. The van der Waals surface area contributed by atoms with Gasteiger partial charge in [-0.25, -0.2) is 9.67 Å². The number of benzene rings is 1. The third-order valence-corrected chi connectivity index (χ3v) is 5.29. The van der Waals surface area contributed by atoms with E-state index in [4.69, 9.17) is 4.98 Å². The van der Waals surface area contributed by atoms with Crippen LogP contribution in [0.4, 0.5) is 0 Å². The molecule has 0 saturated carbocycles. The van der Waals surface area contributed by atoms with Crippen molar-refractivity contribution < 1.29 is 0 Å². The molecule has 0 amide bonds. The van der Waals surface area contributed by atoms with Gasteiger partial charge in [0, 0.05) is 23.7 Å². The van der Waals surface area contributed by atoms with E-state index in [1.54, 1.807) is 27.8 Å². The molecule has 0 spiro atoms. The number of thiazole rings is 1. The van der Waals surface area contributed by atoms with Crippen LogP contribution in [0.5, 0.6) is 0 Å². The highest BCUT2D eigenvalue weighted by atomic mass is 32.2. The van der Waals surface area contributed by atoms with Crippen LogP contribution in [-0.2, 0) is 12.8 Å². The largest absolute Gasteiger partial charge is 0.240 e. The van der Waals surface area contributed by atoms with Crippen LogP contribution in [0.2, 0.25) is 0 Å². The van der Waals surface area contributed by atoms with Gasteiger partial charge in [0.2, 0.25) is 5.16 Å². The fourth-order valence-corrected chi connectivity index (χ4v) is 3.67. The lowest BCUT2D eigenvalue weighted by Crippen LogP contribution is -1.93. The second kappa shape index (κ2) is 6.58. The number of hydrogen-bond acceptors (Lipinski definition) is 6. The van der Waals surface area contributed by atoms with Gasteiger partial charge in [0.25, 0.3) is 0 Å². The third kappa shape index (κ3) is 3.36. The van der Waals surface area contributed by atoms with Gasteiger partial charge in [0.05, 0.1) is 5.69 Å².